The van der Waals surface area contributed by atoms with Crippen LogP contribution in [0, 0.1) is 4.77 Å². The van der Waals surface area contributed by atoms with E-state index < -0.39 is 5.97 Å². The lowest BCUT2D eigenvalue weighted by Gasteiger charge is -2.04. The van der Waals surface area contributed by atoms with Crippen molar-refractivity contribution < 1.29 is 9.90 Å². The van der Waals surface area contributed by atoms with Crippen molar-refractivity contribution in [2.45, 2.75) is 13.0 Å². The number of carbonyl (C=O) groups is 1. The Morgan fingerprint density at radius 2 is 2.17 bits per heavy atom. The van der Waals surface area contributed by atoms with Gasteiger partial charge in [0.25, 0.3) is 0 Å². The highest BCUT2D eigenvalue weighted by Crippen LogP contribution is 2.16. The number of hydrogen-bond donors (Lipinski definition) is 2. The van der Waals surface area contributed by atoms with Crippen LogP contribution in [-0.2, 0) is 17.8 Å². The van der Waals surface area contributed by atoms with E-state index in [-0.39, 0.29) is 6.42 Å². The molecule has 0 aliphatic heterocycles. The second kappa shape index (κ2) is 5.37. The summed E-state index contributed by atoms with van der Waals surface area (Å²) < 4.78 is 2.26. The Balaban J connectivity index is 2.25. The van der Waals surface area contributed by atoms with Gasteiger partial charge in [0.15, 0.2) is 4.77 Å². The number of aromatic amines is 1. The van der Waals surface area contributed by atoms with Crippen LogP contribution in [0.3, 0.4) is 0 Å². The van der Waals surface area contributed by atoms with Crippen molar-refractivity contribution in [2.24, 2.45) is 0 Å². The largest absolute Gasteiger partial charge is 0.481 e. The van der Waals surface area contributed by atoms with E-state index in [0.717, 1.165) is 5.56 Å². The van der Waals surface area contributed by atoms with Crippen LogP contribution >= 0.6 is 23.8 Å². The van der Waals surface area contributed by atoms with Gasteiger partial charge in [-0.1, -0.05) is 29.8 Å². The van der Waals surface area contributed by atoms with Crippen molar-refractivity contribution in [1.29, 1.82) is 0 Å². The molecule has 0 bridgehead atoms. The SMILES string of the molecule is O=C(O)Cc1cn(Cc2ccccc2Cl)c(=S)[nH]1. The summed E-state index contributed by atoms with van der Waals surface area (Å²) in [5.74, 6) is -0.892. The number of imidazole rings is 1. The van der Waals surface area contributed by atoms with E-state index in [4.69, 9.17) is 28.9 Å². The number of benzene rings is 1. The fraction of sp³-hybridized carbons (Fsp3) is 0.167. The molecule has 0 atom stereocenters. The lowest BCUT2D eigenvalue weighted by atomic mass is 10.2. The zero-order chi connectivity index (χ0) is 13.1. The monoisotopic (exact) mass is 282 g/mol. The highest BCUT2D eigenvalue weighted by Gasteiger charge is 2.06. The number of halogens is 1. The molecule has 0 saturated carbocycles. The van der Waals surface area contributed by atoms with Crippen LogP contribution in [0.15, 0.2) is 30.5 Å². The standard InChI is InChI=1S/C12H11ClN2O2S/c13-10-4-2-1-3-8(10)6-15-7-9(5-11(16)17)14-12(15)18/h1-4,7H,5-6H2,(H,14,18)(H,16,17). The first-order valence-electron chi connectivity index (χ1n) is 5.30. The average molecular weight is 283 g/mol. The molecule has 0 spiro atoms. The van der Waals surface area contributed by atoms with Gasteiger partial charge in [0.05, 0.1) is 13.0 Å². The van der Waals surface area contributed by atoms with Crippen molar-refractivity contribution in [3.8, 4) is 0 Å². The zero-order valence-corrected chi connectivity index (χ0v) is 11.0. The van der Waals surface area contributed by atoms with E-state index in [0.29, 0.717) is 22.0 Å². The molecule has 18 heavy (non-hydrogen) atoms. The zero-order valence-electron chi connectivity index (χ0n) is 9.39. The van der Waals surface area contributed by atoms with Gasteiger partial charge in [0, 0.05) is 16.9 Å². The van der Waals surface area contributed by atoms with Gasteiger partial charge in [-0.15, -0.1) is 0 Å². The molecule has 6 heteroatoms. The first-order valence-corrected chi connectivity index (χ1v) is 6.08. The predicted octanol–water partition coefficient (Wildman–Crippen LogP) is 2.87. The Hall–Kier alpha value is -1.59. The van der Waals surface area contributed by atoms with Crippen LogP contribution < -0.4 is 0 Å². The molecule has 2 rings (SSSR count). The molecule has 1 aromatic heterocycles. The van der Waals surface area contributed by atoms with Crippen LogP contribution in [0.2, 0.25) is 5.02 Å². The number of H-pyrrole nitrogens is 1. The summed E-state index contributed by atoms with van der Waals surface area (Å²) in [6.45, 7) is 0.522. The lowest BCUT2D eigenvalue weighted by Crippen LogP contribution is -2.00. The summed E-state index contributed by atoms with van der Waals surface area (Å²) in [6.07, 6.45) is 1.64. The highest BCUT2D eigenvalue weighted by atomic mass is 35.5. The topological polar surface area (TPSA) is 58.0 Å². The molecule has 4 nitrogen and oxygen atoms in total. The molecule has 0 amide bonds. The van der Waals surface area contributed by atoms with Gasteiger partial charge < -0.3 is 14.7 Å². The van der Waals surface area contributed by atoms with Crippen LogP contribution in [0.1, 0.15) is 11.3 Å². The van der Waals surface area contributed by atoms with Gasteiger partial charge in [-0.05, 0) is 23.8 Å². The van der Waals surface area contributed by atoms with Gasteiger partial charge in [-0.2, -0.15) is 0 Å². The molecule has 2 aromatic rings. The van der Waals surface area contributed by atoms with Gasteiger partial charge in [0.1, 0.15) is 0 Å². The van der Waals surface area contributed by atoms with Crippen molar-refractivity contribution in [1.82, 2.24) is 9.55 Å². The van der Waals surface area contributed by atoms with E-state index in [1.807, 2.05) is 24.3 Å². The third-order valence-electron chi connectivity index (χ3n) is 2.48. The highest BCUT2D eigenvalue weighted by molar-refractivity contribution is 7.71. The van der Waals surface area contributed by atoms with E-state index in [1.165, 1.54) is 0 Å². The van der Waals surface area contributed by atoms with Crippen molar-refractivity contribution in [2.75, 3.05) is 0 Å². The Morgan fingerprint density at radius 1 is 1.44 bits per heavy atom. The molecule has 0 saturated heterocycles. The fourth-order valence-electron chi connectivity index (χ4n) is 1.67. The number of carboxylic acid groups (broad SMARTS) is 1. The molecule has 0 radical (unpaired) electrons. The van der Waals surface area contributed by atoms with Crippen LogP contribution in [0.25, 0.3) is 0 Å². The minimum absolute atomic E-state index is 0.0703. The number of hydrogen-bond acceptors (Lipinski definition) is 2. The lowest BCUT2D eigenvalue weighted by molar-refractivity contribution is -0.136. The molecule has 1 heterocycles. The first kappa shape index (κ1) is 12.9. The summed E-state index contributed by atoms with van der Waals surface area (Å²) >= 11 is 11.2. The van der Waals surface area contributed by atoms with E-state index in [9.17, 15) is 4.79 Å². The quantitative estimate of drug-likeness (QED) is 0.848. The molecule has 94 valence electrons. The van der Waals surface area contributed by atoms with Crippen molar-refractivity contribution in [3.05, 3.63) is 51.5 Å². The van der Waals surface area contributed by atoms with Crippen LogP contribution in [-0.4, -0.2) is 20.6 Å². The molecule has 0 unspecified atom stereocenters. The third-order valence-corrected chi connectivity index (χ3v) is 3.19. The number of aromatic nitrogens is 2. The third kappa shape index (κ3) is 3.00. The number of nitrogens with one attached hydrogen (secondary N) is 1. The molecule has 0 fully saturated rings. The second-order valence-electron chi connectivity index (χ2n) is 3.87. The maximum Gasteiger partial charge on any atom is 0.309 e. The Labute approximate surface area is 114 Å². The number of rotatable bonds is 4. The fourth-order valence-corrected chi connectivity index (χ4v) is 2.11. The van der Waals surface area contributed by atoms with E-state index in [1.54, 1.807) is 10.8 Å². The molecule has 1 aromatic carbocycles. The normalized spacial score (nSPS) is 10.5. The molecule has 0 aliphatic carbocycles. The molecule has 2 N–H and O–H groups in total. The maximum absolute atomic E-state index is 10.6. The first-order chi connectivity index (χ1) is 8.56. The average Bonchev–Trinajstić information content (AvgIpc) is 2.61. The number of aliphatic carboxylic acids is 1. The molecular formula is C12H11ClN2O2S. The van der Waals surface area contributed by atoms with Crippen LogP contribution in [0.4, 0.5) is 0 Å². The Kier molecular flexibility index (Phi) is 3.84. The van der Waals surface area contributed by atoms with Gasteiger partial charge in [0.2, 0.25) is 0 Å². The predicted molar refractivity (Wildman–Crippen MR) is 71.5 cm³/mol. The minimum Gasteiger partial charge on any atom is -0.481 e. The molecule has 0 aliphatic rings. The number of nitrogens with zero attached hydrogens (tertiary/aromatic N) is 1. The van der Waals surface area contributed by atoms with Crippen LogP contribution in [0.5, 0.6) is 0 Å². The summed E-state index contributed by atoms with van der Waals surface area (Å²) in [4.78, 5) is 13.5. The number of carboxylic acids is 1. The second-order valence-corrected chi connectivity index (χ2v) is 4.67. The van der Waals surface area contributed by atoms with Crippen molar-refractivity contribution in [3.63, 3.8) is 0 Å². The van der Waals surface area contributed by atoms with E-state index >= 15 is 0 Å². The minimum atomic E-state index is -0.892. The van der Waals surface area contributed by atoms with Gasteiger partial charge >= 0.3 is 5.97 Å². The smallest absolute Gasteiger partial charge is 0.309 e. The van der Waals surface area contributed by atoms with Crippen molar-refractivity contribution >= 4 is 29.8 Å². The Bertz CT molecular complexity index is 633. The Morgan fingerprint density at radius 3 is 2.83 bits per heavy atom. The summed E-state index contributed by atoms with van der Waals surface area (Å²) in [7, 11) is 0. The summed E-state index contributed by atoms with van der Waals surface area (Å²) in [5, 5.41) is 9.38. The van der Waals surface area contributed by atoms with Gasteiger partial charge in [-0.3, -0.25) is 4.79 Å². The maximum atomic E-state index is 10.6. The van der Waals surface area contributed by atoms with E-state index in [2.05, 4.69) is 4.98 Å². The van der Waals surface area contributed by atoms with Gasteiger partial charge in [-0.25, -0.2) is 0 Å². The molecular weight excluding hydrogens is 272 g/mol. The summed E-state index contributed by atoms with van der Waals surface area (Å²) in [6, 6.07) is 7.48. The summed E-state index contributed by atoms with van der Waals surface area (Å²) in [5.41, 5.74) is 1.52.